The maximum atomic E-state index is 13.5. The number of amides is 1. The van der Waals surface area contributed by atoms with Gasteiger partial charge in [0.2, 0.25) is 5.91 Å². The number of hydrogen-bond donors (Lipinski definition) is 3. The van der Waals surface area contributed by atoms with Crippen LogP contribution in [0.4, 0.5) is 4.39 Å². The Kier molecular flexibility index (Phi) is 4.17. The van der Waals surface area contributed by atoms with Gasteiger partial charge in [-0.1, -0.05) is 25.0 Å². The van der Waals surface area contributed by atoms with Gasteiger partial charge in [0.1, 0.15) is 5.82 Å². The SMILES string of the molecule is NC1(C(=O)NCc2ccc(CO)c(F)c2)CCCC1. The minimum Gasteiger partial charge on any atom is -0.392 e. The van der Waals surface area contributed by atoms with Crippen LogP contribution in [-0.4, -0.2) is 16.6 Å². The number of aliphatic hydroxyl groups is 1. The van der Waals surface area contributed by atoms with Gasteiger partial charge in [0.05, 0.1) is 12.1 Å². The summed E-state index contributed by atoms with van der Waals surface area (Å²) in [5, 5.41) is 11.6. The lowest BCUT2D eigenvalue weighted by Gasteiger charge is -2.22. The third kappa shape index (κ3) is 3.11. The number of benzene rings is 1. The molecule has 1 aromatic carbocycles. The van der Waals surface area contributed by atoms with Gasteiger partial charge in [-0.05, 0) is 24.5 Å². The van der Waals surface area contributed by atoms with E-state index >= 15 is 0 Å². The molecular weight excluding hydrogens is 247 g/mol. The summed E-state index contributed by atoms with van der Waals surface area (Å²) in [4.78, 5) is 12.0. The van der Waals surface area contributed by atoms with Crippen LogP contribution < -0.4 is 11.1 Å². The number of hydrogen-bond acceptors (Lipinski definition) is 3. The zero-order valence-corrected chi connectivity index (χ0v) is 10.8. The molecule has 4 nitrogen and oxygen atoms in total. The summed E-state index contributed by atoms with van der Waals surface area (Å²) in [7, 11) is 0. The Hall–Kier alpha value is -1.46. The molecule has 104 valence electrons. The third-order valence-corrected chi connectivity index (χ3v) is 3.69. The zero-order valence-electron chi connectivity index (χ0n) is 10.8. The summed E-state index contributed by atoms with van der Waals surface area (Å²) in [6.45, 7) is -0.0786. The van der Waals surface area contributed by atoms with Crippen LogP contribution in [0.15, 0.2) is 18.2 Å². The van der Waals surface area contributed by atoms with E-state index < -0.39 is 11.4 Å². The van der Waals surface area contributed by atoms with Crippen LogP contribution in [0.3, 0.4) is 0 Å². The predicted molar refractivity (Wildman–Crippen MR) is 69.6 cm³/mol. The molecule has 0 heterocycles. The Labute approximate surface area is 111 Å². The van der Waals surface area contributed by atoms with E-state index in [4.69, 9.17) is 10.8 Å². The van der Waals surface area contributed by atoms with Gasteiger partial charge in [-0.3, -0.25) is 4.79 Å². The highest BCUT2D eigenvalue weighted by Gasteiger charge is 2.36. The second-order valence-corrected chi connectivity index (χ2v) is 5.13. The van der Waals surface area contributed by atoms with Crippen LogP contribution in [0.1, 0.15) is 36.8 Å². The van der Waals surface area contributed by atoms with Crippen LogP contribution >= 0.6 is 0 Å². The number of aliphatic hydroxyl groups excluding tert-OH is 1. The van der Waals surface area contributed by atoms with Crippen molar-refractivity contribution in [2.45, 2.75) is 44.4 Å². The van der Waals surface area contributed by atoms with Crippen molar-refractivity contribution in [3.8, 4) is 0 Å². The van der Waals surface area contributed by atoms with Crippen molar-refractivity contribution in [2.24, 2.45) is 5.73 Å². The van der Waals surface area contributed by atoms with Crippen LogP contribution in [0.2, 0.25) is 0 Å². The smallest absolute Gasteiger partial charge is 0.240 e. The normalized spacial score (nSPS) is 17.4. The first-order valence-corrected chi connectivity index (χ1v) is 6.50. The molecule has 0 radical (unpaired) electrons. The molecule has 19 heavy (non-hydrogen) atoms. The highest BCUT2D eigenvalue weighted by Crippen LogP contribution is 2.27. The van der Waals surface area contributed by atoms with Crippen molar-refractivity contribution in [1.82, 2.24) is 5.32 Å². The van der Waals surface area contributed by atoms with E-state index in [0.717, 1.165) is 12.8 Å². The minimum absolute atomic E-state index is 0.170. The van der Waals surface area contributed by atoms with Crippen molar-refractivity contribution in [3.63, 3.8) is 0 Å². The molecule has 0 spiro atoms. The fourth-order valence-corrected chi connectivity index (χ4v) is 2.42. The summed E-state index contributed by atoms with van der Waals surface area (Å²) in [6, 6.07) is 4.53. The van der Waals surface area contributed by atoms with Crippen molar-refractivity contribution in [2.75, 3.05) is 0 Å². The van der Waals surface area contributed by atoms with Crippen LogP contribution in [0.25, 0.3) is 0 Å². The molecule has 2 rings (SSSR count). The van der Waals surface area contributed by atoms with Gasteiger partial charge in [-0.2, -0.15) is 0 Å². The number of nitrogens with one attached hydrogen (secondary N) is 1. The molecule has 1 aromatic rings. The third-order valence-electron chi connectivity index (χ3n) is 3.69. The minimum atomic E-state index is -0.760. The van der Waals surface area contributed by atoms with Gasteiger partial charge in [0, 0.05) is 12.1 Å². The molecule has 0 aliphatic heterocycles. The summed E-state index contributed by atoms with van der Waals surface area (Å²) in [5.74, 6) is -0.630. The summed E-state index contributed by atoms with van der Waals surface area (Å²) >= 11 is 0. The van der Waals surface area contributed by atoms with Gasteiger partial charge in [-0.25, -0.2) is 4.39 Å². The van der Waals surface area contributed by atoms with Crippen LogP contribution in [0.5, 0.6) is 0 Å². The number of carbonyl (C=O) groups excluding carboxylic acids is 1. The van der Waals surface area contributed by atoms with Gasteiger partial charge in [0.25, 0.3) is 0 Å². The fraction of sp³-hybridized carbons (Fsp3) is 0.500. The summed E-state index contributed by atoms with van der Waals surface area (Å²) in [6.07, 6.45) is 3.36. The highest BCUT2D eigenvalue weighted by molar-refractivity contribution is 5.86. The van der Waals surface area contributed by atoms with Crippen LogP contribution in [-0.2, 0) is 17.9 Å². The molecule has 0 unspecified atom stereocenters. The van der Waals surface area contributed by atoms with Crippen molar-refractivity contribution in [1.29, 1.82) is 0 Å². The van der Waals surface area contributed by atoms with E-state index in [0.29, 0.717) is 18.4 Å². The number of rotatable bonds is 4. The Morgan fingerprint density at radius 1 is 1.42 bits per heavy atom. The maximum absolute atomic E-state index is 13.5. The fourth-order valence-electron chi connectivity index (χ4n) is 2.42. The molecular formula is C14H19FN2O2. The summed E-state index contributed by atoms with van der Waals surface area (Å²) in [5.41, 5.74) is 6.17. The van der Waals surface area contributed by atoms with Gasteiger partial charge >= 0.3 is 0 Å². The lowest BCUT2D eigenvalue weighted by Crippen LogP contribution is -2.51. The molecule has 1 amide bonds. The molecule has 1 aliphatic rings. The maximum Gasteiger partial charge on any atom is 0.240 e. The van der Waals surface area contributed by atoms with Crippen molar-refractivity contribution >= 4 is 5.91 Å². The van der Waals surface area contributed by atoms with Crippen LogP contribution in [0, 0.1) is 5.82 Å². The monoisotopic (exact) mass is 266 g/mol. The van der Waals surface area contributed by atoms with Crippen molar-refractivity contribution in [3.05, 3.63) is 35.1 Å². The Bertz CT molecular complexity index is 471. The largest absolute Gasteiger partial charge is 0.392 e. The Balaban J connectivity index is 1.95. The molecule has 4 N–H and O–H groups in total. The van der Waals surface area contributed by atoms with E-state index in [1.165, 1.54) is 12.1 Å². The first kappa shape index (κ1) is 14.0. The molecule has 0 atom stereocenters. The van der Waals surface area contributed by atoms with Gasteiger partial charge in [-0.15, -0.1) is 0 Å². The van der Waals surface area contributed by atoms with E-state index in [1.807, 2.05) is 0 Å². The molecule has 0 aromatic heterocycles. The molecule has 0 bridgehead atoms. The second-order valence-electron chi connectivity index (χ2n) is 5.13. The average Bonchev–Trinajstić information content (AvgIpc) is 2.84. The second kappa shape index (κ2) is 5.67. The number of nitrogens with two attached hydrogens (primary N) is 1. The lowest BCUT2D eigenvalue weighted by molar-refractivity contribution is -0.126. The Morgan fingerprint density at radius 3 is 2.68 bits per heavy atom. The molecule has 1 fully saturated rings. The molecule has 5 heteroatoms. The average molecular weight is 266 g/mol. The quantitative estimate of drug-likeness (QED) is 0.766. The van der Waals surface area contributed by atoms with Gasteiger partial charge < -0.3 is 16.2 Å². The van der Waals surface area contributed by atoms with Crippen molar-refractivity contribution < 1.29 is 14.3 Å². The first-order valence-electron chi connectivity index (χ1n) is 6.50. The molecule has 0 saturated heterocycles. The standard InChI is InChI=1S/C14H19FN2O2/c15-12-7-10(3-4-11(12)9-18)8-17-13(19)14(16)5-1-2-6-14/h3-4,7,18H,1-2,5-6,8-9,16H2,(H,17,19). The van der Waals surface area contributed by atoms with E-state index in [-0.39, 0.29) is 24.6 Å². The Morgan fingerprint density at radius 2 is 2.11 bits per heavy atom. The lowest BCUT2D eigenvalue weighted by atomic mass is 9.98. The molecule has 1 saturated carbocycles. The topological polar surface area (TPSA) is 75.4 Å². The zero-order chi connectivity index (χ0) is 13.9. The molecule has 1 aliphatic carbocycles. The van der Waals surface area contributed by atoms with E-state index in [1.54, 1.807) is 6.07 Å². The highest BCUT2D eigenvalue weighted by atomic mass is 19.1. The number of carbonyl (C=O) groups is 1. The predicted octanol–water partition coefficient (Wildman–Crippen LogP) is 1.21. The van der Waals surface area contributed by atoms with E-state index in [2.05, 4.69) is 5.32 Å². The van der Waals surface area contributed by atoms with Gasteiger partial charge in [0.15, 0.2) is 0 Å². The first-order chi connectivity index (χ1) is 9.05. The summed E-state index contributed by atoms with van der Waals surface area (Å²) < 4.78 is 13.5. The number of halogens is 1. The van der Waals surface area contributed by atoms with E-state index in [9.17, 15) is 9.18 Å².